The van der Waals surface area contributed by atoms with Crippen LogP contribution in [0.1, 0.15) is 49.9 Å². The molecule has 1 aliphatic rings. The second-order valence-corrected chi connectivity index (χ2v) is 9.36. The van der Waals surface area contributed by atoms with Gasteiger partial charge in [-0.05, 0) is 80.8 Å². The molecule has 6 nitrogen and oxygen atoms in total. The number of carbonyl (C=O) groups excluding carboxylic acids is 2. The summed E-state index contributed by atoms with van der Waals surface area (Å²) in [7, 11) is 0. The van der Waals surface area contributed by atoms with E-state index in [1.54, 1.807) is 30.3 Å². The molecule has 0 aromatic heterocycles. The van der Waals surface area contributed by atoms with Crippen molar-refractivity contribution in [3.05, 3.63) is 94.6 Å². The van der Waals surface area contributed by atoms with Crippen LogP contribution >= 0.6 is 0 Å². The Bertz CT molecular complexity index is 1410. The van der Waals surface area contributed by atoms with E-state index >= 15 is 0 Å². The third-order valence-electron chi connectivity index (χ3n) is 6.86. The Labute approximate surface area is 227 Å². The molecular weight excluding hydrogens is 502 g/mol. The zero-order valence-corrected chi connectivity index (χ0v) is 22.5. The van der Waals surface area contributed by atoms with Gasteiger partial charge in [0.1, 0.15) is 23.1 Å². The molecule has 1 atom stereocenters. The molecule has 1 unspecified atom stereocenters. The summed E-state index contributed by atoms with van der Waals surface area (Å²) in [4.78, 5) is 29.8. The summed E-state index contributed by atoms with van der Waals surface area (Å²) in [6.45, 7) is 9.97. The number of rotatable bonds is 9. The highest BCUT2D eigenvalue weighted by Gasteiger charge is 2.47. The van der Waals surface area contributed by atoms with E-state index in [0.29, 0.717) is 29.5 Å². The van der Waals surface area contributed by atoms with E-state index in [0.717, 1.165) is 47.8 Å². The zero-order chi connectivity index (χ0) is 28.3. The average molecular weight is 535 g/mol. The number of aryl methyl sites for hydroxylation is 1. The molecule has 1 heterocycles. The van der Waals surface area contributed by atoms with E-state index in [4.69, 9.17) is 4.74 Å². The Morgan fingerprint density at radius 3 is 2.26 bits per heavy atom. The number of carbonyl (C=O) groups is 2. The van der Waals surface area contributed by atoms with Crippen molar-refractivity contribution in [1.82, 2.24) is 0 Å². The van der Waals surface area contributed by atoms with E-state index in [-0.39, 0.29) is 17.0 Å². The van der Waals surface area contributed by atoms with E-state index in [1.165, 1.54) is 0 Å². The van der Waals surface area contributed by atoms with Crippen molar-refractivity contribution >= 4 is 28.8 Å². The third-order valence-corrected chi connectivity index (χ3v) is 6.86. The number of ketones is 1. The van der Waals surface area contributed by atoms with Gasteiger partial charge < -0.3 is 14.7 Å². The Morgan fingerprint density at radius 1 is 0.974 bits per heavy atom. The average Bonchev–Trinajstić information content (AvgIpc) is 3.18. The number of ether oxygens (including phenoxy) is 1. The molecule has 1 fully saturated rings. The van der Waals surface area contributed by atoms with Crippen LogP contribution in [-0.4, -0.2) is 36.5 Å². The first kappa shape index (κ1) is 27.8. The van der Waals surface area contributed by atoms with Gasteiger partial charge in [0.15, 0.2) is 0 Å². The number of hydrogen-bond donors (Lipinski definition) is 1. The standard InChI is InChI=1S/C31H32F2N2O4/c1-5-16-39-26-15-10-21(17-19(26)4)29(36)27-28(20-8-12-23(13-9-20)34(6-2)7-3)35(31(38)30(27)37)25-14-11-22(32)18-24(25)33/h8-15,17-18,28,36H,5-7,16H2,1-4H3/b29-27+. The van der Waals surface area contributed by atoms with Crippen LogP contribution < -0.4 is 14.5 Å². The highest BCUT2D eigenvalue weighted by atomic mass is 19.1. The van der Waals surface area contributed by atoms with Crippen LogP contribution in [0.4, 0.5) is 20.2 Å². The smallest absolute Gasteiger partial charge is 0.300 e. The number of nitrogens with zero attached hydrogens (tertiary/aromatic N) is 2. The van der Waals surface area contributed by atoms with Gasteiger partial charge in [-0.15, -0.1) is 0 Å². The number of hydrogen-bond acceptors (Lipinski definition) is 5. The van der Waals surface area contributed by atoms with E-state index < -0.39 is 29.4 Å². The first-order valence-electron chi connectivity index (χ1n) is 13.1. The molecule has 1 saturated heterocycles. The summed E-state index contributed by atoms with van der Waals surface area (Å²) in [5, 5.41) is 11.4. The number of anilines is 2. The highest BCUT2D eigenvalue weighted by Crippen LogP contribution is 2.43. The fourth-order valence-corrected chi connectivity index (χ4v) is 4.86. The van der Waals surface area contributed by atoms with Gasteiger partial charge >= 0.3 is 0 Å². The number of amides is 1. The van der Waals surface area contributed by atoms with Crippen LogP contribution in [-0.2, 0) is 9.59 Å². The number of aliphatic hydroxyl groups excluding tert-OH is 1. The van der Waals surface area contributed by atoms with E-state index in [1.807, 2.05) is 39.8 Å². The van der Waals surface area contributed by atoms with Gasteiger partial charge in [-0.25, -0.2) is 8.78 Å². The van der Waals surface area contributed by atoms with Crippen LogP contribution in [0.5, 0.6) is 5.75 Å². The molecule has 4 rings (SSSR count). The molecule has 0 bridgehead atoms. The monoisotopic (exact) mass is 534 g/mol. The fourth-order valence-electron chi connectivity index (χ4n) is 4.86. The third kappa shape index (κ3) is 5.37. The Morgan fingerprint density at radius 2 is 1.67 bits per heavy atom. The van der Waals surface area contributed by atoms with Gasteiger partial charge in [0, 0.05) is 30.4 Å². The maximum absolute atomic E-state index is 15.0. The topological polar surface area (TPSA) is 70.1 Å². The summed E-state index contributed by atoms with van der Waals surface area (Å²) in [6.07, 6.45) is 0.831. The first-order valence-corrected chi connectivity index (χ1v) is 13.1. The molecule has 0 spiro atoms. The van der Waals surface area contributed by atoms with E-state index in [9.17, 15) is 23.5 Å². The summed E-state index contributed by atoms with van der Waals surface area (Å²) in [6, 6.07) is 13.9. The number of aliphatic hydroxyl groups is 1. The second-order valence-electron chi connectivity index (χ2n) is 9.36. The molecule has 0 saturated carbocycles. The highest BCUT2D eigenvalue weighted by molar-refractivity contribution is 6.51. The molecule has 0 aliphatic carbocycles. The van der Waals surface area contributed by atoms with Crippen molar-refractivity contribution in [3.63, 3.8) is 0 Å². The maximum Gasteiger partial charge on any atom is 0.300 e. The first-order chi connectivity index (χ1) is 18.7. The van der Waals surface area contributed by atoms with Gasteiger partial charge in [0.25, 0.3) is 11.7 Å². The van der Waals surface area contributed by atoms with Gasteiger partial charge in [-0.1, -0.05) is 19.1 Å². The van der Waals surface area contributed by atoms with Gasteiger partial charge in [0.05, 0.1) is 23.9 Å². The molecule has 0 radical (unpaired) electrons. The Balaban J connectivity index is 1.88. The summed E-state index contributed by atoms with van der Waals surface area (Å²) in [5.41, 5.74) is 2.06. The Kier molecular flexibility index (Phi) is 8.33. The minimum absolute atomic E-state index is 0.180. The van der Waals surface area contributed by atoms with Gasteiger partial charge in [-0.2, -0.15) is 0 Å². The molecule has 3 aromatic rings. The van der Waals surface area contributed by atoms with Crippen molar-refractivity contribution in [2.24, 2.45) is 0 Å². The van der Waals surface area contributed by atoms with Crippen LogP contribution in [0, 0.1) is 18.6 Å². The molecular formula is C31H32F2N2O4. The van der Waals surface area contributed by atoms with E-state index in [2.05, 4.69) is 4.90 Å². The molecule has 204 valence electrons. The van der Waals surface area contributed by atoms with Gasteiger partial charge in [0.2, 0.25) is 0 Å². The largest absolute Gasteiger partial charge is 0.507 e. The maximum atomic E-state index is 15.0. The lowest BCUT2D eigenvalue weighted by atomic mass is 9.94. The lowest BCUT2D eigenvalue weighted by Crippen LogP contribution is -2.30. The minimum atomic E-state index is -1.13. The normalized spacial score (nSPS) is 16.6. The predicted octanol–water partition coefficient (Wildman–Crippen LogP) is 6.53. The number of benzene rings is 3. The van der Waals surface area contributed by atoms with Gasteiger partial charge in [-0.3, -0.25) is 14.5 Å². The van der Waals surface area contributed by atoms with Crippen LogP contribution in [0.15, 0.2) is 66.2 Å². The zero-order valence-electron chi connectivity index (χ0n) is 22.5. The summed E-state index contributed by atoms with van der Waals surface area (Å²) < 4.78 is 34.4. The van der Waals surface area contributed by atoms with Crippen molar-refractivity contribution in [1.29, 1.82) is 0 Å². The second kappa shape index (κ2) is 11.7. The van der Waals surface area contributed by atoms with Crippen LogP contribution in [0.2, 0.25) is 0 Å². The molecule has 3 aromatic carbocycles. The quantitative estimate of drug-likeness (QED) is 0.192. The summed E-state index contributed by atoms with van der Waals surface area (Å²) in [5.74, 6) is -3.52. The molecule has 1 aliphatic heterocycles. The van der Waals surface area contributed by atoms with Crippen molar-refractivity contribution in [3.8, 4) is 5.75 Å². The lowest BCUT2D eigenvalue weighted by molar-refractivity contribution is -0.132. The lowest BCUT2D eigenvalue weighted by Gasteiger charge is -2.27. The number of Topliss-reactive ketones (excluding diaryl/α,β-unsaturated/α-hetero) is 1. The van der Waals surface area contributed by atoms with Crippen LogP contribution in [0.3, 0.4) is 0 Å². The van der Waals surface area contributed by atoms with Crippen molar-refractivity contribution in [2.45, 2.75) is 40.2 Å². The Hall–Kier alpha value is -4.20. The number of halogens is 2. The fraction of sp³-hybridized carbons (Fsp3) is 0.290. The van der Waals surface area contributed by atoms with Crippen molar-refractivity contribution < 1.29 is 28.2 Å². The molecule has 8 heteroatoms. The minimum Gasteiger partial charge on any atom is -0.507 e. The SMILES string of the molecule is CCCOc1ccc(/C(O)=C2\C(=O)C(=O)N(c3ccc(F)cc3F)C2c2ccc(N(CC)CC)cc2)cc1C. The van der Waals surface area contributed by atoms with Crippen molar-refractivity contribution in [2.75, 3.05) is 29.5 Å². The molecule has 1 N–H and O–H groups in total. The predicted molar refractivity (Wildman–Crippen MR) is 148 cm³/mol. The molecule has 39 heavy (non-hydrogen) atoms. The van der Waals surface area contributed by atoms with Crippen LogP contribution in [0.25, 0.3) is 5.76 Å². The molecule has 1 amide bonds. The summed E-state index contributed by atoms with van der Waals surface area (Å²) >= 11 is 0.